The number of rotatable bonds is 5. The van der Waals surface area contributed by atoms with Crippen molar-refractivity contribution in [3.05, 3.63) is 57.8 Å². The first-order valence-corrected chi connectivity index (χ1v) is 9.27. The van der Waals surface area contributed by atoms with Crippen molar-refractivity contribution in [2.24, 2.45) is 0 Å². The second-order valence-corrected chi connectivity index (χ2v) is 7.09. The van der Waals surface area contributed by atoms with Crippen molar-refractivity contribution in [1.29, 1.82) is 0 Å². The SMILES string of the molecule is O=C(CNc1ccc(Cl)cc1C(=O)N1CCCC1)Nc1cc(Cl)ccc1F. The van der Waals surface area contributed by atoms with Crippen molar-refractivity contribution in [3.8, 4) is 0 Å². The minimum absolute atomic E-state index is 0.00114. The number of halogens is 3. The predicted molar refractivity (Wildman–Crippen MR) is 105 cm³/mol. The zero-order valence-electron chi connectivity index (χ0n) is 14.4. The third-order valence-corrected chi connectivity index (χ3v) is 4.72. The molecule has 1 aliphatic rings. The monoisotopic (exact) mass is 409 g/mol. The summed E-state index contributed by atoms with van der Waals surface area (Å²) in [6, 6.07) is 8.78. The van der Waals surface area contributed by atoms with E-state index >= 15 is 0 Å². The van der Waals surface area contributed by atoms with E-state index in [2.05, 4.69) is 10.6 Å². The van der Waals surface area contributed by atoms with Crippen molar-refractivity contribution in [3.63, 3.8) is 0 Å². The number of nitrogens with one attached hydrogen (secondary N) is 2. The summed E-state index contributed by atoms with van der Waals surface area (Å²) < 4.78 is 13.7. The van der Waals surface area contributed by atoms with Crippen molar-refractivity contribution in [1.82, 2.24) is 4.90 Å². The van der Waals surface area contributed by atoms with Gasteiger partial charge in [-0.2, -0.15) is 0 Å². The number of hydrogen-bond acceptors (Lipinski definition) is 3. The van der Waals surface area contributed by atoms with Crippen LogP contribution in [0.15, 0.2) is 36.4 Å². The highest BCUT2D eigenvalue weighted by Crippen LogP contribution is 2.24. The number of hydrogen-bond donors (Lipinski definition) is 2. The first-order chi connectivity index (χ1) is 12.9. The number of carbonyl (C=O) groups excluding carboxylic acids is 2. The molecule has 142 valence electrons. The van der Waals surface area contributed by atoms with Crippen LogP contribution in [0.25, 0.3) is 0 Å². The van der Waals surface area contributed by atoms with Gasteiger partial charge in [0.15, 0.2) is 0 Å². The van der Waals surface area contributed by atoms with Gasteiger partial charge in [0.1, 0.15) is 5.82 Å². The number of carbonyl (C=O) groups is 2. The Bertz CT molecular complexity index is 870. The smallest absolute Gasteiger partial charge is 0.256 e. The highest BCUT2D eigenvalue weighted by Gasteiger charge is 2.22. The van der Waals surface area contributed by atoms with Gasteiger partial charge in [-0.25, -0.2) is 4.39 Å². The van der Waals surface area contributed by atoms with Crippen molar-refractivity contribution in [2.45, 2.75) is 12.8 Å². The fourth-order valence-electron chi connectivity index (χ4n) is 2.90. The van der Waals surface area contributed by atoms with Crippen LogP contribution in [0.3, 0.4) is 0 Å². The lowest BCUT2D eigenvalue weighted by Gasteiger charge is -2.18. The van der Waals surface area contributed by atoms with E-state index in [0.717, 1.165) is 12.8 Å². The zero-order chi connectivity index (χ0) is 19.4. The molecule has 0 spiro atoms. The highest BCUT2D eigenvalue weighted by atomic mass is 35.5. The summed E-state index contributed by atoms with van der Waals surface area (Å²) in [6.45, 7) is 1.27. The number of amides is 2. The molecule has 0 atom stereocenters. The van der Waals surface area contributed by atoms with Gasteiger partial charge in [0.25, 0.3) is 5.91 Å². The lowest BCUT2D eigenvalue weighted by atomic mass is 10.1. The fraction of sp³-hybridized carbons (Fsp3) is 0.263. The second kappa shape index (κ2) is 8.59. The van der Waals surface area contributed by atoms with Crippen LogP contribution in [-0.4, -0.2) is 36.3 Å². The highest BCUT2D eigenvalue weighted by molar-refractivity contribution is 6.31. The molecule has 2 amide bonds. The minimum atomic E-state index is -0.579. The van der Waals surface area contributed by atoms with Gasteiger partial charge in [0.05, 0.1) is 17.8 Å². The molecule has 1 heterocycles. The molecular formula is C19H18Cl2FN3O2. The van der Waals surface area contributed by atoms with E-state index in [4.69, 9.17) is 23.2 Å². The van der Waals surface area contributed by atoms with Crippen molar-refractivity contribution in [2.75, 3.05) is 30.3 Å². The molecule has 0 aliphatic carbocycles. The summed E-state index contributed by atoms with van der Waals surface area (Å²) in [4.78, 5) is 26.6. The van der Waals surface area contributed by atoms with Gasteiger partial charge in [0.2, 0.25) is 5.91 Å². The summed E-state index contributed by atoms with van der Waals surface area (Å²) in [5, 5.41) is 6.13. The number of nitrogens with zero attached hydrogens (tertiary/aromatic N) is 1. The van der Waals surface area contributed by atoms with E-state index in [1.165, 1.54) is 18.2 Å². The largest absolute Gasteiger partial charge is 0.375 e. The number of benzene rings is 2. The molecule has 2 aromatic carbocycles. The molecule has 1 fully saturated rings. The Kier molecular flexibility index (Phi) is 6.19. The normalized spacial score (nSPS) is 13.5. The van der Waals surface area contributed by atoms with Gasteiger partial charge in [0, 0.05) is 28.8 Å². The minimum Gasteiger partial charge on any atom is -0.375 e. The molecule has 27 heavy (non-hydrogen) atoms. The maximum atomic E-state index is 13.7. The number of anilines is 2. The van der Waals surface area contributed by atoms with Gasteiger partial charge in [-0.15, -0.1) is 0 Å². The molecule has 1 saturated heterocycles. The molecule has 0 radical (unpaired) electrons. The van der Waals surface area contributed by atoms with Gasteiger partial charge < -0.3 is 15.5 Å². The van der Waals surface area contributed by atoms with Crippen LogP contribution in [0.1, 0.15) is 23.2 Å². The molecule has 2 aromatic rings. The van der Waals surface area contributed by atoms with Crippen LogP contribution in [0.5, 0.6) is 0 Å². The van der Waals surface area contributed by atoms with Crippen LogP contribution in [0.2, 0.25) is 10.0 Å². The summed E-state index contributed by atoms with van der Waals surface area (Å²) in [7, 11) is 0. The van der Waals surface area contributed by atoms with Crippen LogP contribution >= 0.6 is 23.2 Å². The maximum Gasteiger partial charge on any atom is 0.256 e. The van der Waals surface area contributed by atoms with Crippen molar-refractivity contribution < 1.29 is 14.0 Å². The summed E-state index contributed by atoms with van der Waals surface area (Å²) in [5.74, 6) is -1.17. The molecule has 0 aromatic heterocycles. The van der Waals surface area contributed by atoms with Crippen LogP contribution in [0, 0.1) is 5.82 Å². The van der Waals surface area contributed by atoms with Gasteiger partial charge >= 0.3 is 0 Å². The lowest BCUT2D eigenvalue weighted by molar-refractivity contribution is -0.114. The lowest BCUT2D eigenvalue weighted by Crippen LogP contribution is -2.29. The summed E-state index contributed by atoms with van der Waals surface area (Å²) in [5.41, 5.74) is 0.905. The van der Waals surface area contributed by atoms with Crippen LogP contribution < -0.4 is 10.6 Å². The molecule has 1 aliphatic heterocycles. The molecular weight excluding hydrogens is 392 g/mol. The summed E-state index contributed by atoms with van der Waals surface area (Å²) in [6.07, 6.45) is 1.95. The topological polar surface area (TPSA) is 61.4 Å². The Morgan fingerprint density at radius 1 is 1.00 bits per heavy atom. The Morgan fingerprint density at radius 2 is 1.67 bits per heavy atom. The quantitative estimate of drug-likeness (QED) is 0.767. The number of likely N-dealkylation sites (tertiary alicyclic amines) is 1. The Morgan fingerprint density at radius 3 is 2.41 bits per heavy atom. The average Bonchev–Trinajstić information content (AvgIpc) is 3.18. The molecule has 0 bridgehead atoms. The second-order valence-electron chi connectivity index (χ2n) is 6.22. The maximum absolute atomic E-state index is 13.7. The van der Waals surface area contributed by atoms with Gasteiger partial charge in [-0.05, 0) is 49.2 Å². The van der Waals surface area contributed by atoms with Crippen LogP contribution in [0.4, 0.5) is 15.8 Å². The van der Waals surface area contributed by atoms with Gasteiger partial charge in [-0.1, -0.05) is 23.2 Å². The Labute approximate surface area is 166 Å². The van der Waals surface area contributed by atoms with E-state index < -0.39 is 11.7 Å². The van der Waals surface area contributed by atoms with E-state index in [0.29, 0.717) is 34.4 Å². The van der Waals surface area contributed by atoms with E-state index in [-0.39, 0.29) is 18.1 Å². The predicted octanol–water partition coefficient (Wildman–Crippen LogP) is 4.42. The average molecular weight is 410 g/mol. The Hall–Kier alpha value is -2.31. The third kappa shape index (κ3) is 4.90. The molecule has 5 nitrogen and oxygen atoms in total. The fourth-order valence-corrected chi connectivity index (χ4v) is 3.25. The Balaban J connectivity index is 1.69. The molecule has 0 unspecified atom stereocenters. The zero-order valence-corrected chi connectivity index (χ0v) is 15.9. The molecule has 0 saturated carbocycles. The molecule has 8 heteroatoms. The van der Waals surface area contributed by atoms with E-state index in [9.17, 15) is 14.0 Å². The standard InChI is InChI=1S/C19H18Cl2FN3O2/c20-12-4-6-16(14(9-12)19(27)25-7-1-2-8-25)23-11-18(26)24-17-10-13(21)3-5-15(17)22/h3-6,9-10,23H,1-2,7-8,11H2,(H,24,26). The first-order valence-electron chi connectivity index (χ1n) is 8.51. The van der Waals surface area contributed by atoms with Crippen LogP contribution in [-0.2, 0) is 4.79 Å². The van der Waals surface area contributed by atoms with E-state index in [1.807, 2.05) is 0 Å². The molecule has 3 rings (SSSR count). The third-order valence-electron chi connectivity index (χ3n) is 4.25. The van der Waals surface area contributed by atoms with E-state index in [1.54, 1.807) is 23.1 Å². The summed E-state index contributed by atoms with van der Waals surface area (Å²) >= 11 is 11.9. The first kappa shape index (κ1) is 19.5. The molecule has 2 N–H and O–H groups in total. The van der Waals surface area contributed by atoms with Crippen molar-refractivity contribution >= 4 is 46.4 Å². The van der Waals surface area contributed by atoms with Gasteiger partial charge in [-0.3, -0.25) is 9.59 Å².